The van der Waals surface area contributed by atoms with Crippen molar-refractivity contribution in [2.75, 3.05) is 6.61 Å². The molecule has 0 fully saturated rings. The van der Waals surface area contributed by atoms with Crippen LogP contribution >= 0.6 is 0 Å². The number of rotatable bonds is 0. The molecule has 78 valence electrons. The highest BCUT2D eigenvalue weighted by atomic mass is 16.5. The highest BCUT2D eigenvalue weighted by Crippen LogP contribution is 2.33. The standard InChI is InChI=1S/C11H18N2O/c1-8-6-13-10(14-7-8)9(5-12-13)11(2,3)4/h5,8H,6-7H2,1-4H3. The first-order valence-corrected chi connectivity index (χ1v) is 5.17. The Labute approximate surface area is 85.1 Å². The Kier molecular flexibility index (Phi) is 2.05. The molecule has 0 bridgehead atoms. The summed E-state index contributed by atoms with van der Waals surface area (Å²) in [5, 5.41) is 4.37. The summed E-state index contributed by atoms with van der Waals surface area (Å²) in [5.74, 6) is 1.53. The van der Waals surface area contributed by atoms with Crippen LogP contribution in [0.3, 0.4) is 0 Å². The molecule has 0 radical (unpaired) electrons. The fourth-order valence-electron chi connectivity index (χ4n) is 1.74. The van der Waals surface area contributed by atoms with E-state index in [4.69, 9.17) is 4.74 Å². The predicted octanol–water partition coefficient (Wildman–Crippen LogP) is 2.21. The lowest BCUT2D eigenvalue weighted by molar-refractivity contribution is 0.171. The number of aromatic nitrogens is 2. The van der Waals surface area contributed by atoms with Gasteiger partial charge in [0.2, 0.25) is 5.88 Å². The molecule has 0 saturated carbocycles. The number of ether oxygens (including phenoxy) is 1. The summed E-state index contributed by atoms with van der Waals surface area (Å²) in [6.45, 7) is 10.5. The van der Waals surface area contributed by atoms with E-state index in [0.29, 0.717) is 5.92 Å². The highest BCUT2D eigenvalue weighted by molar-refractivity contribution is 5.31. The van der Waals surface area contributed by atoms with Gasteiger partial charge in [-0.05, 0) is 5.41 Å². The topological polar surface area (TPSA) is 27.1 Å². The average Bonchev–Trinajstić information content (AvgIpc) is 2.45. The maximum atomic E-state index is 5.73. The van der Waals surface area contributed by atoms with Gasteiger partial charge >= 0.3 is 0 Å². The summed E-state index contributed by atoms with van der Waals surface area (Å²) in [6.07, 6.45) is 1.94. The molecule has 14 heavy (non-hydrogen) atoms. The third-order valence-corrected chi connectivity index (χ3v) is 2.59. The smallest absolute Gasteiger partial charge is 0.215 e. The highest BCUT2D eigenvalue weighted by Gasteiger charge is 2.27. The van der Waals surface area contributed by atoms with E-state index < -0.39 is 0 Å². The van der Waals surface area contributed by atoms with Crippen molar-refractivity contribution in [2.45, 2.75) is 39.7 Å². The summed E-state index contributed by atoms with van der Waals surface area (Å²) in [7, 11) is 0. The third kappa shape index (κ3) is 1.51. The van der Waals surface area contributed by atoms with Crippen LogP contribution < -0.4 is 4.74 Å². The minimum atomic E-state index is 0.119. The van der Waals surface area contributed by atoms with Gasteiger partial charge in [-0.3, -0.25) is 0 Å². The molecule has 1 aliphatic rings. The van der Waals surface area contributed by atoms with Crippen molar-refractivity contribution in [3.63, 3.8) is 0 Å². The lowest BCUT2D eigenvalue weighted by Crippen LogP contribution is -2.25. The van der Waals surface area contributed by atoms with Crippen LogP contribution in [0, 0.1) is 5.92 Å². The van der Waals surface area contributed by atoms with E-state index in [1.165, 1.54) is 5.56 Å². The summed E-state index contributed by atoms with van der Waals surface area (Å²) in [5.41, 5.74) is 1.33. The molecule has 2 rings (SSSR count). The Bertz CT molecular complexity index is 336. The second-order valence-electron chi connectivity index (χ2n) is 5.21. The molecule has 1 aromatic heterocycles. The molecule has 1 atom stereocenters. The van der Waals surface area contributed by atoms with Crippen LogP contribution in [-0.2, 0) is 12.0 Å². The van der Waals surface area contributed by atoms with Gasteiger partial charge in [-0.25, -0.2) is 4.68 Å². The Morgan fingerprint density at radius 1 is 1.50 bits per heavy atom. The van der Waals surface area contributed by atoms with Crippen LogP contribution in [0.1, 0.15) is 33.3 Å². The Morgan fingerprint density at radius 2 is 2.21 bits per heavy atom. The minimum Gasteiger partial charge on any atom is -0.477 e. The molecule has 3 heteroatoms. The van der Waals surface area contributed by atoms with Gasteiger partial charge < -0.3 is 4.74 Å². The molecule has 0 N–H and O–H groups in total. The number of fused-ring (bicyclic) bond motifs is 1. The van der Waals surface area contributed by atoms with Gasteiger partial charge in [0.25, 0.3) is 0 Å². The molecule has 2 heterocycles. The zero-order chi connectivity index (χ0) is 10.3. The fraction of sp³-hybridized carbons (Fsp3) is 0.727. The molecule has 0 saturated heterocycles. The van der Waals surface area contributed by atoms with Crippen molar-refractivity contribution < 1.29 is 4.74 Å². The van der Waals surface area contributed by atoms with Crippen LogP contribution in [0.4, 0.5) is 0 Å². The lowest BCUT2D eigenvalue weighted by atomic mass is 9.89. The Morgan fingerprint density at radius 3 is 2.86 bits per heavy atom. The second kappa shape index (κ2) is 3.01. The first-order chi connectivity index (χ1) is 6.48. The SMILES string of the molecule is CC1COc2c(C(C)(C)C)cnn2C1. The van der Waals surface area contributed by atoms with E-state index in [-0.39, 0.29) is 5.41 Å². The second-order valence-corrected chi connectivity index (χ2v) is 5.21. The van der Waals surface area contributed by atoms with Crippen LogP contribution in [0.5, 0.6) is 5.88 Å². The molecule has 0 aromatic carbocycles. The maximum absolute atomic E-state index is 5.73. The van der Waals surface area contributed by atoms with E-state index >= 15 is 0 Å². The zero-order valence-corrected chi connectivity index (χ0v) is 9.37. The van der Waals surface area contributed by atoms with Crippen LogP contribution in [0.2, 0.25) is 0 Å². The zero-order valence-electron chi connectivity index (χ0n) is 9.37. The van der Waals surface area contributed by atoms with Crippen LogP contribution in [0.25, 0.3) is 0 Å². The molecular weight excluding hydrogens is 176 g/mol. The van der Waals surface area contributed by atoms with Gasteiger partial charge in [0.1, 0.15) is 0 Å². The summed E-state index contributed by atoms with van der Waals surface area (Å²) < 4.78 is 7.71. The normalized spacial score (nSPS) is 21.6. The van der Waals surface area contributed by atoms with E-state index in [9.17, 15) is 0 Å². The maximum Gasteiger partial charge on any atom is 0.215 e. The summed E-state index contributed by atoms with van der Waals surface area (Å²) in [6, 6.07) is 0. The van der Waals surface area contributed by atoms with E-state index in [1.54, 1.807) is 0 Å². The quantitative estimate of drug-likeness (QED) is 0.633. The van der Waals surface area contributed by atoms with Crippen molar-refractivity contribution >= 4 is 0 Å². The number of hydrogen-bond acceptors (Lipinski definition) is 2. The largest absolute Gasteiger partial charge is 0.477 e. The van der Waals surface area contributed by atoms with Crippen molar-refractivity contribution in [1.82, 2.24) is 9.78 Å². The van der Waals surface area contributed by atoms with E-state index in [1.807, 2.05) is 10.9 Å². The van der Waals surface area contributed by atoms with Gasteiger partial charge in [0.15, 0.2) is 0 Å². The fourth-order valence-corrected chi connectivity index (χ4v) is 1.74. The Balaban J connectivity index is 2.38. The first kappa shape index (κ1) is 9.56. The van der Waals surface area contributed by atoms with Crippen molar-refractivity contribution in [2.24, 2.45) is 5.92 Å². The van der Waals surface area contributed by atoms with Crippen molar-refractivity contribution in [1.29, 1.82) is 0 Å². The van der Waals surface area contributed by atoms with Crippen molar-refractivity contribution in [3.8, 4) is 5.88 Å². The van der Waals surface area contributed by atoms with E-state index in [2.05, 4.69) is 32.8 Å². The van der Waals surface area contributed by atoms with Gasteiger partial charge in [0.05, 0.1) is 19.3 Å². The van der Waals surface area contributed by atoms with Gasteiger partial charge in [-0.2, -0.15) is 5.10 Å². The summed E-state index contributed by atoms with van der Waals surface area (Å²) >= 11 is 0. The molecule has 1 aliphatic heterocycles. The number of nitrogens with zero attached hydrogens (tertiary/aromatic N) is 2. The lowest BCUT2D eigenvalue weighted by Gasteiger charge is -2.25. The van der Waals surface area contributed by atoms with Gasteiger partial charge in [-0.15, -0.1) is 0 Å². The van der Waals surface area contributed by atoms with Gasteiger partial charge in [-0.1, -0.05) is 27.7 Å². The molecule has 3 nitrogen and oxygen atoms in total. The predicted molar refractivity (Wildman–Crippen MR) is 55.6 cm³/mol. The molecule has 0 aliphatic carbocycles. The molecule has 1 unspecified atom stereocenters. The third-order valence-electron chi connectivity index (χ3n) is 2.59. The monoisotopic (exact) mass is 194 g/mol. The summed E-state index contributed by atoms with van der Waals surface area (Å²) in [4.78, 5) is 0. The van der Waals surface area contributed by atoms with Crippen LogP contribution in [-0.4, -0.2) is 16.4 Å². The van der Waals surface area contributed by atoms with Crippen molar-refractivity contribution in [3.05, 3.63) is 11.8 Å². The van der Waals surface area contributed by atoms with Crippen LogP contribution in [0.15, 0.2) is 6.20 Å². The Hall–Kier alpha value is -0.990. The molecule has 0 amide bonds. The molecule has 1 aromatic rings. The first-order valence-electron chi connectivity index (χ1n) is 5.17. The van der Waals surface area contributed by atoms with Gasteiger partial charge in [0, 0.05) is 11.5 Å². The number of hydrogen-bond donors (Lipinski definition) is 0. The molecular formula is C11H18N2O. The minimum absolute atomic E-state index is 0.119. The van der Waals surface area contributed by atoms with E-state index in [0.717, 1.165) is 19.0 Å². The average molecular weight is 194 g/mol. The molecule has 0 spiro atoms.